The molecule has 1 unspecified atom stereocenters. The van der Waals surface area contributed by atoms with E-state index in [0.717, 1.165) is 35.0 Å². The number of hydrogen-bond donors (Lipinski definition) is 1. The fraction of sp³-hybridized carbons (Fsp3) is 0.333. The molecule has 0 aliphatic rings. The average molecular weight is 350 g/mol. The summed E-state index contributed by atoms with van der Waals surface area (Å²) < 4.78 is 14.8. The van der Waals surface area contributed by atoms with E-state index in [1.54, 1.807) is 12.1 Å². The lowest BCUT2D eigenvalue weighted by Crippen LogP contribution is -2.24. The number of rotatable bonds is 6. The highest BCUT2D eigenvalue weighted by Crippen LogP contribution is 2.22. The molecule has 0 saturated heterocycles. The molecule has 0 radical (unpaired) electrons. The molecule has 0 spiro atoms. The van der Waals surface area contributed by atoms with E-state index in [1.165, 1.54) is 5.56 Å². The first-order valence-corrected chi connectivity index (χ1v) is 8.12. The monoisotopic (exact) mass is 349 g/mol. The van der Waals surface area contributed by atoms with E-state index < -0.39 is 0 Å². The molecule has 2 rings (SSSR count). The molecular weight excluding hydrogens is 329 g/mol. The minimum absolute atomic E-state index is 0.133. The summed E-state index contributed by atoms with van der Waals surface area (Å²) in [5, 5.41) is 3.53. The number of hydrogen-bond acceptors (Lipinski definition) is 1. The summed E-state index contributed by atoms with van der Waals surface area (Å²) in [7, 11) is 0. The standard InChI is InChI=1S/C18H21BrFN/c1-3-7-21-18(11-14-5-4-6-16(19)10-14)15-8-13(2)9-17(20)12-15/h4-6,8-10,12,18,21H,3,7,11H2,1-2H3. The molecule has 21 heavy (non-hydrogen) atoms. The maximum Gasteiger partial charge on any atom is 0.123 e. The van der Waals surface area contributed by atoms with E-state index in [4.69, 9.17) is 0 Å². The smallest absolute Gasteiger partial charge is 0.123 e. The molecule has 1 atom stereocenters. The Labute approximate surface area is 134 Å². The molecule has 0 fully saturated rings. The Morgan fingerprint density at radius 3 is 2.67 bits per heavy atom. The van der Waals surface area contributed by atoms with E-state index in [-0.39, 0.29) is 11.9 Å². The van der Waals surface area contributed by atoms with Crippen molar-refractivity contribution in [2.24, 2.45) is 0 Å². The highest BCUT2D eigenvalue weighted by atomic mass is 79.9. The molecule has 0 heterocycles. The van der Waals surface area contributed by atoms with E-state index in [1.807, 2.05) is 19.1 Å². The van der Waals surface area contributed by atoms with E-state index in [9.17, 15) is 4.39 Å². The number of halogens is 2. The van der Waals surface area contributed by atoms with Crippen LogP contribution in [-0.4, -0.2) is 6.54 Å². The fourth-order valence-electron chi connectivity index (χ4n) is 2.49. The Balaban J connectivity index is 2.25. The van der Waals surface area contributed by atoms with Crippen LogP contribution in [0.1, 0.15) is 36.1 Å². The summed E-state index contributed by atoms with van der Waals surface area (Å²) in [5.74, 6) is -0.164. The van der Waals surface area contributed by atoms with Crippen molar-refractivity contribution in [3.05, 3.63) is 69.4 Å². The van der Waals surface area contributed by atoms with Gasteiger partial charge < -0.3 is 5.32 Å². The quantitative estimate of drug-likeness (QED) is 0.757. The average Bonchev–Trinajstić information content (AvgIpc) is 2.42. The van der Waals surface area contributed by atoms with E-state index >= 15 is 0 Å². The van der Waals surface area contributed by atoms with Gasteiger partial charge in [-0.05, 0) is 67.3 Å². The number of nitrogens with one attached hydrogen (secondary N) is 1. The van der Waals surface area contributed by atoms with E-state index in [0.29, 0.717) is 0 Å². The molecule has 0 aromatic heterocycles. The Morgan fingerprint density at radius 1 is 1.19 bits per heavy atom. The van der Waals surface area contributed by atoms with Crippen molar-refractivity contribution >= 4 is 15.9 Å². The zero-order chi connectivity index (χ0) is 15.2. The van der Waals surface area contributed by atoms with Crippen LogP contribution < -0.4 is 5.32 Å². The second-order valence-electron chi connectivity index (χ2n) is 5.40. The largest absolute Gasteiger partial charge is 0.310 e. The summed E-state index contributed by atoms with van der Waals surface area (Å²) in [6.07, 6.45) is 1.91. The van der Waals surface area contributed by atoms with Crippen LogP contribution in [0.15, 0.2) is 46.9 Å². The van der Waals surface area contributed by atoms with Crippen LogP contribution in [0.5, 0.6) is 0 Å². The first kappa shape index (κ1) is 16.2. The van der Waals surface area contributed by atoms with Crippen LogP contribution >= 0.6 is 15.9 Å². The summed E-state index contributed by atoms with van der Waals surface area (Å²) in [6.45, 7) is 5.00. The van der Waals surface area contributed by atoms with Gasteiger partial charge >= 0.3 is 0 Å². The Kier molecular flexibility index (Phi) is 5.95. The van der Waals surface area contributed by atoms with Crippen LogP contribution in [-0.2, 0) is 6.42 Å². The van der Waals surface area contributed by atoms with Gasteiger partial charge in [-0.2, -0.15) is 0 Å². The van der Waals surface area contributed by atoms with Crippen LogP contribution in [0.3, 0.4) is 0 Å². The predicted molar refractivity (Wildman–Crippen MR) is 90.0 cm³/mol. The zero-order valence-electron chi connectivity index (χ0n) is 12.5. The zero-order valence-corrected chi connectivity index (χ0v) is 14.1. The summed E-state index contributed by atoms with van der Waals surface area (Å²) in [4.78, 5) is 0. The molecular formula is C18H21BrFN. The normalized spacial score (nSPS) is 12.4. The Morgan fingerprint density at radius 2 is 2.00 bits per heavy atom. The number of benzene rings is 2. The highest BCUT2D eigenvalue weighted by Gasteiger charge is 2.13. The first-order chi connectivity index (χ1) is 10.1. The number of aryl methyl sites for hydroxylation is 1. The van der Waals surface area contributed by atoms with Gasteiger partial charge in [-0.15, -0.1) is 0 Å². The molecule has 0 amide bonds. The molecule has 112 valence electrons. The third kappa shape index (κ3) is 4.94. The fourth-order valence-corrected chi connectivity index (χ4v) is 2.94. The third-order valence-corrected chi connectivity index (χ3v) is 3.93. The van der Waals surface area contributed by atoms with Crippen molar-refractivity contribution < 1.29 is 4.39 Å². The van der Waals surface area contributed by atoms with Crippen LogP contribution in [0.2, 0.25) is 0 Å². The molecule has 3 heteroatoms. The molecule has 0 aliphatic carbocycles. The maximum absolute atomic E-state index is 13.7. The maximum atomic E-state index is 13.7. The van der Waals surface area contributed by atoms with Crippen molar-refractivity contribution in [3.63, 3.8) is 0 Å². The molecule has 2 aromatic rings. The lowest BCUT2D eigenvalue weighted by atomic mass is 9.97. The van der Waals surface area contributed by atoms with E-state index in [2.05, 4.69) is 46.4 Å². The summed E-state index contributed by atoms with van der Waals surface area (Å²) in [5.41, 5.74) is 3.21. The topological polar surface area (TPSA) is 12.0 Å². The van der Waals surface area contributed by atoms with Gasteiger partial charge in [-0.25, -0.2) is 4.39 Å². The lowest BCUT2D eigenvalue weighted by molar-refractivity contribution is 0.523. The predicted octanol–water partition coefficient (Wildman–Crippen LogP) is 5.18. The van der Waals surface area contributed by atoms with Gasteiger partial charge in [0, 0.05) is 10.5 Å². The molecule has 2 aromatic carbocycles. The van der Waals surface area contributed by atoms with Crippen molar-refractivity contribution in [2.45, 2.75) is 32.7 Å². The van der Waals surface area contributed by atoms with Gasteiger partial charge in [0.15, 0.2) is 0 Å². The van der Waals surface area contributed by atoms with Gasteiger partial charge in [0.2, 0.25) is 0 Å². The highest BCUT2D eigenvalue weighted by molar-refractivity contribution is 9.10. The SMILES string of the molecule is CCCNC(Cc1cccc(Br)c1)c1cc(C)cc(F)c1. The molecule has 0 aliphatic heterocycles. The van der Waals surface area contributed by atoms with Crippen LogP contribution in [0.25, 0.3) is 0 Å². The van der Waals surface area contributed by atoms with Gasteiger partial charge in [-0.1, -0.05) is 41.1 Å². The lowest BCUT2D eigenvalue weighted by Gasteiger charge is -2.20. The van der Waals surface area contributed by atoms with Gasteiger partial charge in [0.1, 0.15) is 5.82 Å². The third-order valence-electron chi connectivity index (χ3n) is 3.44. The van der Waals surface area contributed by atoms with Crippen LogP contribution in [0, 0.1) is 12.7 Å². The Bertz CT molecular complexity index is 577. The second-order valence-corrected chi connectivity index (χ2v) is 6.32. The van der Waals surface area contributed by atoms with Crippen molar-refractivity contribution in [1.29, 1.82) is 0 Å². The minimum Gasteiger partial charge on any atom is -0.310 e. The molecule has 1 N–H and O–H groups in total. The molecule has 0 bridgehead atoms. The van der Waals surface area contributed by atoms with Crippen molar-refractivity contribution in [2.75, 3.05) is 6.54 Å². The second kappa shape index (κ2) is 7.71. The summed E-state index contributed by atoms with van der Waals surface area (Å²) >= 11 is 3.50. The molecule has 1 nitrogen and oxygen atoms in total. The van der Waals surface area contributed by atoms with Crippen molar-refractivity contribution in [3.8, 4) is 0 Å². The molecule has 0 saturated carbocycles. The summed E-state index contributed by atoms with van der Waals surface area (Å²) in [6, 6.07) is 13.7. The van der Waals surface area contributed by atoms with Gasteiger partial charge in [0.05, 0.1) is 0 Å². The van der Waals surface area contributed by atoms with Gasteiger partial charge in [-0.3, -0.25) is 0 Å². The Hall–Kier alpha value is -1.19. The first-order valence-electron chi connectivity index (χ1n) is 7.33. The minimum atomic E-state index is -0.164. The van der Waals surface area contributed by atoms with Crippen molar-refractivity contribution in [1.82, 2.24) is 5.32 Å². The van der Waals surface area contributed by atoms with Gasteiger partial charge in [0.25, 0.3) is 0 Å². The van der Waals surface area contributed by atoms with Crippen LogP contribution in [0.4, 0.5) is 4.39 Å².